The summed E-state index contributed by atoms with van der Waals surface area (Å²) in [5.41, 5.74) is 3.09. The van der Waals surface area contributed by atoms with Crippen molar-refractivity contribution in [2.24, 2.45) is 0 Å². The summed E-state index contributed by atoms with van der Waals surface area (Å²) in [6.45, 7) is 2.15. The third-order valence-electron chi connectivity index (χ3n) is 2.36. The van der Waals surface area contributed by atoms with E-state index in [1.807, 2.05) is 5.51 Å². The Hall–Kier alpha value is -0.0600. The van der Waals surface area contributed by atoms with Crippen LogP contribution in [0.5, 0.6) is 0 Å². The Morgan fingerprint density at radius 2 is 2.13 bits per heavy atom. The molecular weight excluding hydrogens is 224 g/mol. The smallest absolute Gasteiger partial charge is 0.0795 e. The second-order valence-corrected chi connectivity index (χ2v) is 5.02. The summed E-state index contributed by atoms with van der Waals surface area (Å²) < 4.78 is 0. The molecule has 1 heterocycles. The number of hydrogen-bond donors (Lipinski definition) is 1. The van der Waals surface area contributed by atoms with E-state index >= 15 is 0 Å². The lowest BCUT2D eigenvalue weighted by molar-refractivity contribution is 0.314. The largest absolute Gasteiger partial charge is 0.301 e. The zero-order valence-electron chi connectivity index (χ0n) is 9.35. The van der Waals surface area contributed by atoms with Gasteiger partial charge in [0.05, 0.1) is 11.2 Å². The van der Waals surface area contributed by atoms with E-state index in [0.717, 1.165) is 12.3 Å². The van der Waals surface area contributed by atoms with Crippen LogP contribution in [-0.2, 0) is 6.54 Å². The zero-order chi connectivity index (χ0) is 10.9. The van der Waals surface area contributed by atoms with Crippen molar-refractivity contribution >= 4 is 24.0 Å². The van der Waals surface area contributed by atoms with Gasteiger partial charge >= 0.3 is 0 Å². The minimum atomic E-state index is 0.982. The van der Waals surface area contributed by atoms with E-state index in [1.165, 1.54) is 37.9 Å². The lowest BCUT2D eigenvalue weighted by Gasteiger charge is -2.14. The molecule has 0 saturated heterocycles. The van der Waals surface area contributed by atoms with Crippen LogP contribution in [0.1, 0.15) is 31.4 Å². The van der Waals surface area contributed by atoms with Crippen LogP contribution in [0, 0.1) is 0 Å². The summed E-state index contributed by atoms with van der Waals surface area (Å²) in [7, 11) is 2.16. The van der Waals surface area contributed by atoms with Crippen molar-refractivity contribution in [1.29, 1.82) is 0 Å². The van der Waals surface area contributed by atoms with Crippen LogP contribution >= 0.6 is 24.0 Å². The molecule has 0 aliphatic heterocycles. The molecule has 0 spiro atoms. The number of hydrogen-bond acceptors (Lipinski definition) is 4. The van der Waals surface area contributed by atoms with Gasteiger partial charge in [0, 0.05) is 11.9 Å². The molecule has 1 aromatic heterocycles. The summed E-state index contributed by atoms with van der Waals surface area (Å²) in [4.78, 5) is 6.62. The van der Waals surface area contributed by atoms with Gasteiger partial charge in [-0.05, 0) is 32.2 Å². The minimum Gasteiger partial charge on any atom is -0.301 e. The molecule has 0 aliphatic carbocycles. The molecule has 15 heavy (non-hydrogen) atoms. The van der Waals surface area contributed by atoms with Crippen LogP contribution in [0.15, 0.2) is 10.9 Å². The Kier molecular flexibility index (Phi) is 7.05. The topological polar surface area (TPSA) is 16.1 Å². The molecule has 86 valence electrons. The highest BCUT2D eigenvalue weighted by Gasteiger charge is 2.01. The third kappa shape index (κ3) is 6.17. The highest BCUT2D eigenvalue weighted by Crippen LogP contribution is 2.06. The van der Waals surface area contributed by atoms with Gasteiger partial charge in [-0.25, -0.2) is 4.98 Å². The zero-order valence-corrected chi connectivity index (χ0v) is 11.1. The molecule has 0 fully saturated rings. The second kappa shape index (κ2) is 8.13. The Morgan fingerprint density at radius 1 is 1.33 bits per heavy atom. The molecule has 2 nitrogen and oxygen atoms in total. The quantitative estimate of drug-likeness (QED) is 0.559. The van der Waals surface area contributed by atoms with Crippen LogP contribution in [0.25, 0.3) is 0 Å². The van der Waals surface area contributed by atoms with E-state index < -0.39 is 0 Å². The molecule has 0 amide bonds. The molecule has 0 saturated carbocycles. The maximum Gasteiger partial charge on any atom is 0.0795 e. The number of unbranched alkanes of at least 4 members (excludes halogenated alkanes) is 3. The summed E-state index contributed by atoms with van der Waals surface area (Å²) in [6.07, 6.45) is 5.17. The Morgan fingerprint density at radius 3 is 2.80 bits per heavy atom. The first-order chi connectivity index (χ1) is 7.33. The highest BCUT2D eigenvalue weighted by atomic mass is 32.1. The third-order valence-corrected chi connectivity index (χ3v) is 3.31. The Bertz CT molecular complexity index is 237. The first-order valence-electron chi connectivity index (χ1n) is 5.49. The number of rotatable bonds is 8. The number of thiazole rings is 1. The van der Waals surface area contributed by atoms with Crippen LogP contribution in [0.4, 0.5) is 0 Å². The molecule has 0 unspecified atom stereocenters. The van der Waals surface area contributed by atoms with Gasteiger partial charge in [-0.1, -0.05) is 12.8 Å². The normalized spacial score (nSPS) is 11.1. The predicted molar refractivity (Wildman–Crippen MR) is 70.8 cm³/mol. The van der Waals surface area contributed by atoms with Crippen molar-refractivity contribution < 1.29 is 0 Å². The van der Waals surface area contributed by atoms with E-state index in [9.17, 15) is 0 Å². The summed E-state index contributed by atoms with van der Waals surface area (Å²) in [5.74, 6) is 1.02. The predicted octanol–water partition coefficient (Wildman–Crippen LogP) is 3.07. The van der Waals surface area contributed by atoms with E-state index in [1.54, 1.807) is 11.3 Å². The van der Waals surface area contributed by atoms with Crippen molar-refractivity contribution in [2.75, 3.05) is 19.3 Å². The average molecular weight is 244 g/mol. The van der Waals surface area contributed by atoms with Crippen LogP contribution in [0.3, 0.4) is 0 Å². The van der Waals surface area contributed by atoms with E-state index in [-0.39, 0.29) is 0 Å². The maximum atomic E-state index is 4.28. The van der Waals surface area contributed by atoms with Crippen LogP contribution in [0.2, 0.25) is 0 Å². The van der Waals surface area contributed by atoms with Crippen molar-refractivity contribution in [3.63, 3.8) is 0 Å². The standard InChI is InChI=1S/C11H20N2S2/c1-13(6-4-2-3-5-7-14)8-11-9-15-10-12-11/h9-10,14H,2-8H2,1H3. The second-order valence-electron chi connectivity index (χ2n) is 3.86. The molecule has 4 heteroatoms. The van der Waals surface area contributed by atoms with Crippen molar-refractivity contribution in [2.45, 2.75) is 32.2 Å². The summed E-state index contributed by atoms with van der Waals surface area (Å²) in [6, 6.07) is 0. The fourth-order valence-electron chi connectivity index (χ4n) is 1.52. The molecule has 0 aliphatic rings. The fourth-order valence-corrected chi connectivity index (χ4v) is 2.29. The van der Waals surface area contributed by atoms with Crippen LogP contribution < -0.4 is 0 Å². The monoisotopic (exact) mass is 244 g/mol. The lowest BCUT2D eigenvalue weighted by atomic mass is 10.2. The first-order valence-corrected chi connectivity index (χ1v) is 7.07. The number of aromatic nitrogens is 1. The van der Waals surface area contributed by atoms with E-state index in [2.05, 4.69) is 34.9 Å². The molecule has 0 bridgehead atoms. The number of nitrogens with zero attached hydrogens (tertiary/aromatic N) is 2. The number of thiol groups is 1. The summed E-state index contributed by atoms with van der Waals surface area (Å²) >= 11 is 5.87. The lowest BCUT2D eigenvalue weighted by Crippen LogP contribution is -2.19. The molecule has 0 aromatic carbocycles. The first kappa shape index (κ1) is 13.0. The Labute approximate surface area is 102 Å². The van der Waals surface area contributed by atoms with Gasteiger partial charge in [-0.15, -0.1) is 11.3 Å². The molecule has 0 radical (unpaired) electrons. The minimum absolute atomic E-state index is 0.982. The Balaban J connectivity index is 2.01. The van der Waals surface area contributed by atoms with Gasteiger partial charge < -0.3 is 4.90 Å². The van der Waals surface area contributed by atoms with Crippen molar-refractivity contribution in [3.8, 4) is 0 Å². The van der Waals surface area contributed by atoms with Crippen molar-refractivity contribution in [3.05, 3.63) is 16.6 Å². The van der Waals surface area contributed by atoms with Gasteiger partial charge in [0.25, 0.3) is 0 Å². The van der Waals surface area contributed by atoms with Crippen LogP contribution in [-0.4, -0.2) is 29.2 Å². The fraction of sp³-hybridized carbons (Fsp3) is 0.727. The van der Waals surface area contributed by atoms with Crippen molar-refractivity contribution in [1.82, 2.24) is 9.88 Å². The SMILES string of the molecule is CN(CCCCCCS)Cc1cscn1. The molecule has 1 rings (SSSR count). The molecule has 1 aromatic rings. The van der Waals surface area contributed by atoms with Gasteiger partial charge in [0.1, 0.15) is 0 Å². The molecule has 0 atom stereocenters. The van der Waals surface area contributed by atoms with Gasteiger partial charge in [0.15, 0.2) is 0 Å². The summed E-state index contributed by atoms with van der Waals surface area (Å²) in [5, 5.41) is 2.12. The van der Waals surface area contributed by atoms with E-state index in [0.29, 0.717) is 0 Å². The van der Waals surface area contributed by atoms with E-state index in [4.69, 9.17) is 0 Å². The molecular formula is C11H20N2S2. The van der Waals surface area contributed by atoms with Gasteiger partial charge in [-0.3, -0.25) is 0 Å². The molecule has 0 N–H and O–H groups in total. The highest BCUT2D eigenvalue weighted by molar-refractivity contribution is 7.80. The van der Waals surface area contributed by atoms with Gasteiger partial charge in [0.2, 0.25) is 0 Å². The maximum absolute atomic E-state index is 4.28. The van der Waals surface area contributed by atoms with Gasteiger partial charge in [-0.2, -0.15) is 12.6 Å². The average Bonchev–Trinajstić information content (AvgIpc) is 2.70.